The molecular weight excluding hydrogens is 532 g/mol. The Morgan fingerprint density at radius 3 is 1.60 bits per heavy atom. The second kappa shape index (κ2) is 20.1. The highest BCUT2D eigenvalue weighted by molar-refractivity contribution is 5.90. The molecule has 3 rings (SSSR count). The molecule has 244 valence electrons. The number of carbonyl (C=O) groups is 1. The van der Waals surface area contributed by atoms with Crippen LogP contribution in [0.15, 0.2) is 11.6 Å². The van der Waals surface area contributed by atoms with Crippen LogP contribution >= 0.6 is 0 Å². The van der Waals surface area contributed by atoms with Gasteiger partial charge in [-0.15, -0.1) is 0 Å². The molecule has 0 bridgehead atoms. The lowest BCUT2D eigenvalue weighted by atomic mass is 10.00. The Hall–Kier alpha value is -0.990. The third-order valence-corrected chi connectivity index (χ3v) is 9.53. The SMILES string of the molecule is CCCCCCCCCC[C@@H](O)[C@H]1CC[C@@H]([C@H]2CC[C@@H]([C@H](O)CCCCCCCC[C@@H](O)CC3=C[C@H](C)OC3=O)O2)O1. The molecule has 3 heterocycles. The van der Waals surface area contributed by atoms with Crippen LogP contribution in [0.2, 0.25) is 0 Å². The minimum Gasteiger partial charge on any atom is -0.455 e. The Balaban J connectivity index is 1.16. The first-order chi connectivity index (χ1) is 20.4. The number of aliphatic hydroxyl groups is 3. The van der Waals surface area contributed by atoms with Crippen LogP contribution in [0.25, 0.3) is 0 Å². The number of unbranched alkanes of at least 4 members (excludes halogenated alkanes) is 12. The molecule has 7 nitrogen and oxygen atoms in total. The zero-order valence-corrected chi connectivity index (χ0v) is 26.7. The van der Waals surface area contributed by atoms with Gasteiger partial charge < -0.3 is 29.5 Å². The smallest absolute Gasteiger partial charge is 0.334 e. The van der Waals surface area contributed by atoms with Crippen LogP contribution in [0.1, 0.15) is 155 Å². The van der Waals surface area contributed by atoms with Gasteiger partial charge in [0.1, 0.15) is 6.10 Å². The molecule has 0 aromatic heterocycles. The van der Waals surface area contributed by atoms with E-state index in [0.29, 0.717) is 18.4 Å². The maximum atomic E-state index is 11.7. The molecule has 3 aliphatic rings. The predicted molar refractivity (Wildman–Crippen MR) is 166 cm³/mol. The number of ether oxygens (including phenoxy) is 3. The molecule has 0 aromatic carbocycles. The van der Waals surface area contributed by atoms with E-state index in [4.69, 9.17) is 14.2 Å². The molecular formula is C35H62O7. The first-order valence-electron chi connectivity index (χ1n) is 17.6. The van der Waals surface area contributed by atoms with Gasteiger partial charge in [-0.2, -0.15) is 0 Å². The van der Waals surface area contributed by atoms with Crippen molar-refractivity contribution in [2.45, 2.75) is 204 Å². The second-order valence-electron chi connectivity index (χ2n) is 13.3. The second-order valence-corrected chi connectivity index (χ2v) is 13.3. The summed E-state index contributed by atoms with van der Waals surface area (Å²) in [4.78, 5) is 11.7. The first-order valence-corrected chi connectivity index (χ1v) is 17.6. The summed E-state index contributed by atoms with van der Waals surface area (Å²) in [6.45, 7) is 4.08. The molecule has 0 amide bonds. The van der Waals surface area contributed by atoms with Crippen molar-refractivity contribution < 1.29 is 34.3 Å². The molecule has 3 N–H and O–H groups in total. The average Bonchev–Trinajstić information content (AvgIpc) is 3.72. The number of aliphatic hydroxyl groups excluding tert-OH is 3. The van der Waals surface area contributed by atoms with Crippen molar-refractivity contribution in [3.05, 3.63) is 11.6 Å². The predicted octanol–water partition coefficient (Wildman–Crippen LogP) is 7.08. The van der Waals surface area contributed by atoms with Gasteiger partial charge in [-0.1, -0.05) is 96.8 Å². The van der Waals surface area contributed by atoms with Gasteiger partial charge in [-0.25, -0.2) is 4.79 Å². The highest BCUT2D eigenvalue weighted by Crippen LogP contribution is 2.34. The van der Waals surface area contributed by atoms with Crippen LogP contribution in [0.4, 0.5) is 0 Å². The van der Waals surface area contributed by atoms with Crippen LogP contribution in [0.5, 0.6) is 0 Å². The highest BCUT2D eigenvalue weighted by Gasteiger charge is 2.40. The van der Waals surface area contributed by atoms with Gasteiger partial charge in [0.25, 0.3) is 0 Å². The van der Waals surface area contributed by atoms with Crippen LogP contribution in [0.3, 0.4) is 0 Å². The molecule has 3 aliphatic heterocycles. The summed E-state index contributed by atoms with van der Waals surface area (Å²) in [6, 6.07) is 0. The zero-order chi connectivity index (χ0) is 30.2. The minimum atomic E-state index is -0.482. The molecule has 0 aliphatic carbocycles. The molecule has 0 saturated carbocycles. The van der Waals surface area contributed by atoms with Gasteiger partial charge in [-0.3, -0.25) is 0 Å². The summed E-state index contributed by atoms with van der Waals surface area (Å²) >= 11 is 0. The monoisotopic (exact) mass is 594 g/mol. The number of cyclic esters (lactones) is 1. The van der Waals surface area contributed by atoms with E-state index >= 15 is 0 Å². The number of hydrogen-bond donors (Lipinski definition) is 3. The Kier molecular flexibility index (Phi) is 17.0. The number of hydrogen-bond acceptors (Lipinski definition) is 7. The summed E-state index contributed by atoms with van der Waals surface area (Å²) in [7, 11) is 0. The third kappa shape index (κ3) is 12.9. The largest absolute Gasteiger partial charge is 0.455 e. The van der Waals surface area contributed by atoms with E-state index in [9.17, 15) is 20.1 Å². The molecule has 42 heavy (non-hydrogen) atoms. The molecule has 0 spiro atoms. The molecule has 0 aromatic rings. The van der Waals surface area contributed by atoms with E-state index < -0.39 is 12.2 Å². The van der Waals surface area contributed by atoms with E-state index in [1.54, 1.807) is 6.08 Å². The van der Waals surface area contributed by atoms with Crippen molar-refractivity contribution in [1.29, 1.82) is 0 Å². The van der Waals surface area contributed by atoms with Crippen LogP contribution in [-0.2, 0) is 19.0 Å². The Bertz CT molecular complexity index is 770. The fourth-order valence-corrected chi connectivity index (χ4v) is 6.93. The number of rotatable bonds is 23. The van der Waals surface area contributed by atoms with Gasteiger partial charge >= 0.3 is 5.97 Å². The highest BCUT2D eigenvalue weighted by atomic mass is 16.6. The molecule has 2 saturated heterocycles. The van der Waals surface area contributed by atoms with E-state index in [-0.39, 0.29) is 42.6 Å². The Labute approximate surface area is 255 Å². The molecule has 8 atom stereocenters. The number of esters is 1. The van der Waals surface area contributed by atoms with Crippen molar-refractivity contribution >= 4 is 5.97 Å². The minimum absolute atomic E-state index is 0.0410. The van der Waals surface area contributed by atoms with E-state index in [1.165, 1.54) is 44.9 Å². The van der Waals surface area contributed by atoms with E-state index in [1.807, 2.05) is 6.92 Å². The maximum absolute atomic E-state index is 11.7. The molecule has 7 heteroatoms. The van der Waals surface area contributed by atoms with E-state index in [0.717, 1.165) is 83.5 Å². The fourth-order valence-electron chi connectivity index (χ4n) is 6.93. The summed E-state index contributed by atoms with van der Waals surface area (Å²) in [5.41, 5.74) is 0.606. The van der Waals surface area contributed by atoms with Crippen LogP contribution < -0.4 is 0 Å². The quantitative estimate of drug-likeness (QED) is 0.0858. The van der Waals surface area contributed by atoms with Gasteiger partial charge in [0, 0.05) is 12.0 Å². The summed E-state index contributed by atoms with van der Waals surface area (Å²) < 4.78 is 17.6. The lowest BCUT2D eigenvalue weighted by Gasteiger charge is -2.24. The van der Waals surface area contributed by atoms with Crippen molar-refractivity contribution in [3.63, 3.8) is 0 Å². The maximum Gasteiger partial charge on any atom is 0.334 e. The lowest BCUT2D eigenvalue weighted by molar-refractivity contribution is -0.139. The van der Waals surface area contributed by atoms with Crippen molar-refractivity contribution in [1.82, 2.24) is 0 Å². The van der Waals surface area contributed by atoms with Gasteiger partial charge in [0.15, 0.2) is 0 Å². The number of carbonyl (C=O) groups excluding carboxylic acids is 1. The average molecular weight is 595 g/mol. The van der Waals surface area contributed by atoms with Crippen LogP contribution in [0, 0.1) is 0 Å². The summed E-state index contributed by atoms with van der Waals surface area (Å²) in [5.74, 6) is -0.290. The Morgan fingerprint density at radius 2 is 1.14 bits per heavy atom. The lowest BCUT2D eigenvalue weighted by Crippen LogP contribution is -2.33. The summed E-state index contributed by atoms with van der Waals surface area (Å²) in [5, 5.41) is 31.6. The van der Waals surface area contributed by atoms with Gasteiger partial charge in [0.2, 0.25) is 0 Å². The van der Waals surface area contributed by atoms with Crippen molar-refractivity contribution in [3.8, 4) is 0 Å². The molecule has 0 radical (unpaired) electrons. The zero-order valence-electron chi connectivity index (χ0n) is 26.7. The van der Waals surface area contributed by atoms with Crippen molar-refractivity contribution in [2.75, 3.05) is 0 Å². The molecule has 2 fully saturated rings. The first kappa shape index (κ1) is 35.5. The van der Waals surface area contributed by atoms with E-state index in [2.05, 4.69) is 6.92 Å². The topological polar surface area (TPSA) is 105 Å². The normalized spacial score (nSPS) is 28.2. The van der Waals surface area contributed by atoms with Crippen molar-refractivity contribution in [2.24, 2.45) is 0 Å². The fraction of sp³-hybridized carbons (Fsp3) is 0.914. The molecule has 0 unspecified atom stereocenters. The van der Waals surface area contributed by atoms with Crippen LogP contribution in [-0.4, -0.2) is 70.1 Å². The standard InChI is InChI=1S/C35H62O7/c1-3-4-5-6-7-8-12-15-18-29(37)31-20-22-33(41-31)34-23-21-32(42-34)30(38)19-16-13-10-9-11-14-17-28(36)25-27-24-26(2)40-35(27)39/h24,26,28-34,36-38H,3-23,25H2,1-2H3/t26-,28+,29+,30+,31+,32-,33-,34+/m0/s1. The van der Waals surface area contributed by atoms with Gasteiger partial charge in [0.05, 0.1) is 42.7 Å². The Morgan fingerprint density at radius 1 is 0.690 bits per heavy atom. The third-order valence-electron chi connectivity index (χ3n) is 9.53. The van der Waals surface area contributed by atoms with Gasteiger partial charge in [-0.05, 0) is 57.9 Å². The summed E-state index contributed by atoms with van der Waals surface area (Å²) in [6.07, 6.45) is 23.2.